The molecule has 3 nitrogen and oxygen atoms in total. The van der Waals surface area contributed by atoms with Crippen LogP contribution in [0.1, 0.15) is 12.5 Å². The lowest BCUT2D eigenvalue weighted by molar-refractivity contribution is -0.104. The van der Waals surface area contributed by atoms with Crippen LogP contribution in [0.4, 0.5) is 8.78 Å². The predicted molar refractivity (Wildman–Crippen MR) is 71.7 cm³/mol. The van der Waals surface area contributed by atoms with Crippen molar-refractivity contribution < 1.29 is 18.7 Å². The van der Waals surface area contributed by atoms with Crippen molar-refractivity contribution in [3.05, 3.63) is 52.1 Å². The number of likely N-dealkylation sites (N-methyl/N-ethyl adjacent to an activating group) is 1. The number of hydrogen-bond donors (Lipinski definition) is 1. The standard InChI is InChI=1S/C14H12ClF2NO2/c1-2-18-13(8(7-19)6-9(15)14(18)20)12-10(16)4-3-5-11(12)17/h3-7,14,20H,2H2,1H3. The van der Waals surface area contributed by atoms with Gasteiger partial charge >= 0.3 is 0 Å². The zero-order valence-corrected chi connectivity index (χ0v) is 11.4. The van der Waals surface area contributed by atoms with Crippen LogP contribution in [0.3, 0.4) is 0 Å². The molecule has 6 heteroatoms. The van der Waals surface area contributed by atoms with E-state index in [2.05, 4.69) is 0 Å². The Hall–Kier alpha value is -1.72. The van der Waals surface area contributed by atoms with Gasteiger partial charge in [-0.05, 0) is 25.1 Å². The summed E-state index contributed by atoms with van der Waals surface area (Å²) in [4.78, 5) is 12.4. The number of nitrogens with zero attached hydrogens (tertiary/aromatic N) is 1. The average Bonchev–Trinajstić information content (AvgIpc) is 2.42. The van der Waals surface area contributed by atoms with Crippen LogP contribution < -0.4 is 0 Å². The second-order valence-electron chi connectivity index (χ2n) is 4.21. The molecule has 0 bridgehead atoms. The fourth-order valence-corrected chi connectivity index (χ4v) is 2.40. The number of aliphatic hydroxyl groups is 1. The molecule has 1 aliphatic rings. The van der Waals surface area contributed by atoms with E-state index < -0.39 is 17.9 Å². The second kappa shape index (κ2) is 5.73. The van der Waals surface area contributed by atoms with Gasteiger partial charge in [-0.2, -0.15) is 0 Å². The summed E-state index contributed by atoms with van der Waals surface area (Å²) >= 11 is 5.84. The Morgan fingerprint density at radius 3 is 2.50 bits per heavy atom. The van der Waals surface area contributed by atoms with Crippen LogP contribution in [0.25, 0.3) is 5.70 Å². The number of aldehydes is 1. The zero-order chi connectivity index (χ0) is 14.9. The van der Waals surface area contributed by atoms with Crippen LogP contribution in [0, 0.1) is 11.6 Å². The highest BCUT2D eigenvalue weighted by atomic mass is 35.5. The van der Waals surface area contributed by atoms with Crippen LogP contribution in [-0.4, -0.2) is 29.1 Å². The van der Waals surface area contributed by atoms with E-state index in [0.717, 1.165) is 12.1 Å². The molecule has 0 aliphatic carbocycles. The number of carbonyl (C=O) groups is 1. The summed E-state index contributed by atoms with van der Waals surface area (Å²) in [6.45, 7) is 1.91. The van der Waals surface area contributed by atoms with Crippen molar-refractivity contribution in [3.8, 4) is 0 Å². The summed E-state index contributed by atoms with van der Waals surface area (Å²) in [6, 6.07) is 3.41. The third kappa shape index (κ3) is 2.34. The van der Waals surface area contributed by atoms with Gasteiger partial charge in [-0.25, -0.2) is 8.78 Å². The van der Waals surface area contributed by atoms with Gasteiger partial charge in [0.25, 0.3) is 0 Å². The number of allylic oxidation sites excluding steroid dienone is 2. The van der Waals surface area contributed by atoms with E-state index >= 15 is 0 Å². The fourth-order valence-electron chi connectivity index (χ4n) is 2.16. The number of carbonyl (C=O) groups excluding carboxylic acids is 1. The van der Waals surface area contributed by atoms with Gasteiger partial charge in [0.1, 0.15) is 11.6 Å². The first-order valence-electron chi connectivity index (χ1n) is 5.96. The quantitative estimate of drug-likeness (QED) is 0.872. The maximum atomic E-state index is 13.9. The van der Waals surface area contributed by atoms with E-state index in [1.165, 1.54) is 17.0 Å². The Bertz CT molecular complexity index is 593. The Labute approximate surface area is 119 Å². The minimum atomic E-state index is -1.24. The van der Waals surface area contributed by atoms with E-state index in [-0.39, 0.29) is 28.4 Å². The summed E-state index contributed by atoms with van der Waals surface area (Å²) in [6.07, 6.45) is 0.435. The van der Waals surface area contributed by atoms with E-state index in [9.17, 15) is 18.7 Å². The van der Waals surface area contributed by atoms with E-state index in [0.29, 0.717) is 6.29 Å². The first-order chi connectivity index (χ1) is 9.51. The highest BCUT2D eigenvalue weighted by molar-refractivity contribution is 6.31. The summed E-state index contributed by atoms with van der Waals surface area (Å²) < 4.78 is 27.9. The SMILES string of the molecule is CCN1C(c2c(F)cccc2F)=C(C=O)C=C(Cl)C1O. The molecule has 1 N–H and O–H groups in total. The number of hydrogen-bond acceptors (Lipinski definition) is 3. The third-order valence-corrected chi connectivity index (χ3v) is 3.37. The fraction of sp³-hybridized carbons (Fsp3) is 0.214. The van der Waals surface area contributed by atoms with E-state index in [1.54, 1.807) is 6.92 Å². The Kier molecular flexibility index (Phi) is 4.20. The largest absolute Gasteiger partial charge is 0.368 e. The van der Waals surface area contributed by atoms with Crippen molar-refractivity contribution in [2.24, 2.45) is 0 Å². The van der Waals surface area contributed by atoms with Crippen molar-refractivity contribution in [2.45, 2.75) is 13.2 Å². The van der Waals surface area contributed by atoms with Crippen molar-refractivity contribution >= 4 is 23.6 Å². The molecular formula is C14H12ClF2NO2. The van der Waals surface area contributed by atoms with Crippen molar-refractivity contribution in [3.63, 3.8) is 0 Å². The molecule has 0 amide bonds. The molecule has 1 unspecified atom stereocenters. The molecule has 0 radical (unpaired) electrons. The van der Waals surface area contributed by atoms with Gasteiger partial charge in [0.2, 0.25) is 0 Å². The lowest BCUT2D eigenvalue weighted by atomic mass is 10.0. The molecule has 20 heavy (non-hydrogen) atoms. The molecule has 1 aromatic carbocycles. The Balaban J connectivity index is 2.75. The summed E-state index contributed by atoms with van der Waals surface area (Å²) in [7, 11) is 0. The molecule has 1 heterocycles. The predicted octanol–water partition coefficient (Wildman–Crippen LogP) is 2.65. The van der Waals surface area contributed by atoms with Crippen LogP contribution >= 0.6 is 11.6 Å². The Morgan fingerprint density at radius 2 is 2.00 bits per heavy atom. The highest BCUT2D eigenvalue weighted by Gasteiger charge is 2.30. The molecular weight excluding hydrogens is 288 g/mol. The molecule has 0 saturated heterocycles. The van der Waals surface area contributed by atoms with Gasteiger partial charge in [0.05, 0.1) is 16.3 Å². The maximum Gasteiger partial charge on any atom is 0.164 e. The molecule has 1 aromatic rings. The minimum absolute atomic E-state index is 0.00463. The lowest BCUT2D eigenvalue weighted by Crippen LogP contribution is -2.37. The number of halogens is 3. The lowest BCUT2D eigenvalue weighted by Gasteiger charge is -2.35. The van der Waals surface area contributed by atoms with Gasteiger partial charge in [0, 0.05) is 12.1 Å². The van der Waals surface area contributed by atoms with Crippen LogP contribution in [-0.2, 0) is 4.79 Å². The molecule has 0 fully saturated rings. The Morgan fingerprint density at radius 1 is 1.40 bits per heavy atom. The molecule has 106 valence electrons. The molecule has 0 saturated carbocycles. The van der Waals surface area contributed by atoms with Gasteiger partial charge in [-0.1, -0.05) is 17.7 Å². The number of aliphatic hydroxyl groups excluding tert-OH is 1. The monoisotopic (exact) mass is 299 g/mol. The van der Waals surface area contributed by atoms with E-state index in [1.807, 2.05) is 0 Å². The van der Waals surface area contributed by atoms with Crippen molar-refractivity contribution in [1.29, 1.82) is 0 Å². The summed E-state index contributed by atoms with van der Waals surface area (Å²) in [5.74, 6) is -1.62. The van der Waals surface area contributed by atoms with Crippen LogP contribution in [0.5, 0.6) is 0 Å². The maximum absolute atomic E-state index is 13.9. The van der Waals surface area contributed by atoms with Gasteiger partial charge < -0.3 is 10.0 Å². The number of rotatable bonds is 3. The third-order valence-electron chi connectivity index (χ3n) is 3.06. The van der Waals surface area contributed by atoms with Gasteiger partial charge in [-0.3, -0.25) is 4.79 Å². The smallest absolute Gasteiger partial charge is 0.164 e. The molecule has 1 atom stereocenters. The molecule has 0 spiro atoms. The second-order valence-corrected chi connectivity index (χ2v) is 4.64. The highest BCUT2D eigenvalue weighted by Crippen LogP contribution is 2.35. The van der Waals surface area contributed by atoms with Crippen LogP contribution in [0.2, 0.25) is 0 Å². The minimum Gasteiger partial charge on any atom is -0.368 e. The van der Waals surface area contributed by atoms with Crippen molar-refractivity contribution in [2.75, 3.05) is 6.54 Å². The first-order valence-corrected chi connectivity index (χ1v) is 6.34. The van der Waals surface area contributed by atoms with Gasteiger partial charge in [-0.15, -0.1) is 0 Å². The van der Waals surface area contributed by atoms with Crippen molar-refractivity contribution in [1.82, 2.24) is 4.90 Å². The normalized spacial score (nSPS) is 19.1. The van der Waals surface area contributed by atoms with Gasteiger partial charge in [0.15, 0.2) is 12.5 Å². The summed E-state index contributed by atoms with van der Waals surface area (Å²) in [5, 5.41) is 10.0. The average molecular weight is 300 g/mol. The molecule has 1 aliphatic heterocycles. The topological polar surface area (TPSA) is 40.5 Å². The number of benzene rings is 1. The van der Waals surface area contributed by atoms with Crippen LogP contribution in [0.15, 0.2) is 34.9 Å². The molecule has 0 aromatic heterocycles. The summed E-state index contributed by atoms with van der Waals surface area (Å²) in [5.41, 5.74) is -0.336. The zero-order valence-electron chi connectivity index (χ0n) is 10.6. The molecule has 2 rings (SSSR count). The van der Waals surface area contributed by atoms with E-state index in [4.69, 9.17) is 11.6 Å². The first kappa shape index (κ1) is 14.7.